The van der Waals surface area contributed by atoms with E-state index in [1.54, 1.807) is 6.20 Å². The van der Waals surface area contributed by atoms with Crippen molar-refractivity contribution >= 4 is 5.91 Å². The lowest BCUT2D eigenvalue weighted by Crippen LogP contribution is -2.49. The summed E-state index contributed by atoms with van der Waals surface area (Å²) in [5.41, 5.74) is 3.76. The second kappa shape index (κ2) is 9.62. The van der Waals surface area contributed by atoms with Crippen LogP contribution >= 0.6 is 0 Å². The Balaban J connectivity index is 1.48. The van der Waals surface area contributed by atoms with Crippen LogP contribution in [0.1, 0.15) is 42.5 Å². The number of hydrogen-bond donors (Lipinski definition) is 2. The van der Waals surface area contributed by atoms with E-state index in [2.05, 4.69) is 64.7 Å². The van der Waals surface area contributed by atoms with E-state index in [0.29, 0.717) is 19.0 Å². The largest absolute Gasteiger partial charge is 0.355 e. The molecule has 1 aromatic carbocycles. The SMILES string of the molecule is CC(C)c1ccc(CCNC(=O)CN2CCNCC2c2cccnc2)cc1. The van der Waals surface area contributed by atoms with Crippen molar-refractivity contribution in [1.29, 1.82) is 0 Å². The number of hydrogen-bond acceptors (Lipinski definition) is 4. The van der Waals surface area contributed by atoms with E-state index in [-0.39, 0.29) is 11.9 Å². The zero-order valence-corrected chi connectivity index (χ0v) is 16.3. The number of carbonyl (C=O) groups is 1. The van der Waals surface area contributed by atoms with Crippen LogP contribution in [0.25, 0.3) is 0 Å². The number of nitrogens with one attached hydrogen (secondary N) is 2. The Kier molecular flexibility index (Phi) is 6.96. The van der Waals surface area contributed by atoms with Crippen molar-refractivity contribution in [3.05, 3.63) is 65.5 Å². The molecule has 1 saturated heterocycles. The summed E-state index contributed by atoms with van der Waals surface area (Å²) >= 11 is 0. The van der Waals surface area contributed by atoms with Gasteiger partial charge in [0.25, 0.3) is 0 Å². The van der Waals surface area contributed by atoms with Gasteiger partial charge in [0.15, 0.2) is 0 Å². The van der Waals surface area contributed by atoms with E-state index in [0.717, 1.165) is 31.6 Å². The molecule has 0 aliphatic carbocycles. The molecule has 1 fully saturated rings. The Labute approximate surface area is 162 Å². The lowest BCUT2D eigenvalue weighted by Gasteiger charge is -2.35. The number of pyridine rings is 1. The van der Waals surface area contributed by atoms with Crippen molar-refractivity contribution in [2.24, 2.45) is 0 Å². The highest BCUT2D eigenvalue weighted by Gasteiger charge is 2.25. The monoisotopic (exact) mass is 366 g/mol. The van der Waals surface area contributed by atoms with E-state index in [4.69, 9.17) is 0 Å². The van der Waals surface area contributed by atoms with Gasteiger partial charge in [0.1, 0.15) is 0 Å². The molecule has 0 radical (unpaired) electrons. The van der Waals surface area contributed by atoms with Gasteiger partial charge in [-0.3, -0.25) is 14.7 Å². The zero-order chi connectivity index (χ0) is 19.1. The van der Waals surface area contributed by atoms with Crippen LogP contribution in [0, 0.1) is 0 Å². The van der Waals surface area contributed by atoms with E-state index < -0.39 is 0 Å². The average Bonchev–Trinajstić information content (AvgIpc) is 2.69. The Morgan fingerprint density at radius 2 is 2.11 bits per heavy atom. The van der Waals surface area contributed by atoms with Crippen LogP contribution in [0.3, 0.4) is 0 Å². The van der Waals surface area contributed by atoms with Crippen LogP contribution in [0.2, 0.25) is 0 Å². The van der Waals surface area contributed by atoms with Gasteiger partial charge in [0.05, 0.1) is 6.54 Å². The Morgan fingerprint density at radius 1 is 1.30 bits per heavy atom. The fourth-order valence-corrected chi connectivity index (χ4v) is 3.49. The summed E-state index contributed by atoms with van der Waals surface area (Å²) in [4.78, 5) is 18.9. The molecular formula is C22H30N4O. The maximum Gasteiger partial charge on any atom is 0.234 e. The molecule has 1 aliphatic heterocycles. The first-order chi connectivity index (χ1) is 13.1. The molecule has 144 valence electrons. The smallest absolute Gasteiger partial charge is 0.234 e. The van der Waals surface area contributed by atoms with Crippen LogP contribution in [-0.2, 0) is 11.2 Å². The number of amides is 1. The van der Waals surface area contributed by atoms with Crippen molar-refractivity contribution in [2.75, 3.05) is 32.7 Å². The van der Waals surface area contributed by atoms with Crippen LogP contribution in [0.15, 0.2) is 48.8 Å². The van der Waals surface area contributed by atoms with E-state index >= 15 is 0 Å². The Bertz CT molecular complexity index is 715. The van der Waals surface area contributed by atoms with Crippen molar-refractivity contribution in [3.8, 4) is 0 Å². The van der Waals surface area contributed by atoms with E-state index in [9.17, 15) is 4.79 Å². The van der Waals surface area contributed by atoms with Crippen LogP contribution in [-0.4, -0.2) is 48.5 Å². The van der Waals surface area contributed by atoms with Gasteiger partial charge in [-0.15, -0.1) is 0 Å². The van der Waals surface area contributed by atoms with Crippen LogP contribution < -0.4 is 10.6 Å². The summed E-state index contributed by atoms with van der Waals surface area (Å²) in [6, 6.07) is 12.9. The van der Waals surface area contributed by atoms with Gasteiger partial charge >= 0.3 is 0 Å². The number of nitrogens with zero attached hydrogens (tertiary/aromatic N) is 2. The van der Waals surface area contributed by atoms with Gasteiger partial charge in [-0.05, 0) is 35.1 Å². The molecule has 0 saturated carbocycles. The Morgan fingerprint density at radius 3 is 2.81 bits per heavy atom. The van der Waals surface area contributed by atoms with Crippen LogP contribution in [0.5, 0.6) is 0 Å². The highest BCUT2D eigenvalue weighted by Crippen LogP contribution is 2.20. The number of benzene rings is 1. The maximum absolute atomic E-state index is 12.4. The second-order valence-electron chi connectivity index (χ2n) is 7.47. The predicted octanol–water partition coefficient (Wildman–Crippen LogP) is 2.51. The fourth-order valence-electron chi connectivity index (χ4n) is 3.49. The molecule has 2 aromatic rings. The minimum atomic E-state index is 0.0876. The first-order valence-corrected chi connectivity index (χ1v) is 9.83. The molecule has 1 aromatic heterocycles. The third-order valence-corrected chi connectivity index (χ3v) is 5.15. The van der Waals surface area contributed by atoms with E-state index in [1.165, 1.54) is 11.1 Å². The van der Waals surface area contributed by atoms with Gasteiger partial charge in [-0.25, -0.2) is 0 Å². The highest BCUT2D eigenvalue weighted by molar-refractivity contribution is 5.78. The number of aromatic nitrogens is 1. The highest BCUT2D eigenvalue weighted by atomic mass is 16.2. The second-order valence-corrected chi connectivity index (χ2v) is 7.47. The zero-order valence-electron chi connectivity index (χ0n) is 16.3. The summed E-state index contributed by atoms with van der Waals surface area (Å²) < 4.78 is 0. The van der Waals surface area contributed by atoms with Gasteiger partial charge in [-0.1, -0.05) is 44.2 Å². The standard InChI is InChI=1S/C22H30N4O/c1-17(2)19-7-5-18(6-8-19)9-11-25-22(27)16-26-13-12-24-15-21(26)20-4-3-10-23-14-20/h3-8,10,14,17,21,24H,9,11-13,15-16H2,1-2H3,(H,25,27). The molecule has 0 bridgehead atoms. The molecule has 1 atom stereocenters. The normalized spacial score (nSPS) is 17.8. The quantitative estimate of drug-likeness (QED) is 0.791. The molecule has 1 aliphatic rings. The molecule has 2 heterocycles. The number of carbonyl (C=O) groups excluding carboxylic acids is 1. The van der Waals surface area contributed by atoms with Crippen molar-refractivity contribution in [3.63, 3.8) is 0 Å². The lowest BCUT2D eigenvalue weighted by atomic mass is 10.0. The number of rotatable bonds is 7. The first kappa shape index (κ1) is 19.5. The first-order valence-electron chi connectivity index (χ1n) is 9.83. The minimum Gasteiger partial charge on any atom is -0.355 e. The predicted molar refractivity (Wildman–Crippen MR) is 109 cm³/mol. The van der Waals surface area contributed by atoms with Gasteiger partial charge < -0.3 is 10.6 Å². The molecule has 2 N–H and O–H groups in total. The summed E-state index contributed by atoms with van der Waals surface area (Å²) in [6.45, 7) is 8.11. The molecule has 1 amide bonds. The van der Waals surface area contributed by atoms with Crippen molar-refractivity contribution < 1.29 is 4.79 Å². The molecule has 5 nitrogen and oxygen atoms in total. The summed E-state index contributed by atoms with van der Waals surface area (Å²) in [7, 11) is 0. The average molecular weight is 367 g/mol. The number of piperazine rings is 1. The maximum atomic E-state index is 12.4. The van der Waals surface area contributed by atoms with Crippen molar-refractivity contribution in [2.45, 2.75) is 32.2 Å². The van der Waals surface area contributed by atoms with Crippen molar-refractivity contribution in [1.82, 2.24) is 20.5 Å². The summed E-state index contributed by atoms with van der Waals surface area (Å²) in [5, 5.41) is 6.48. The molecule has 1 unspecified atom stereocenters. The fraction of sp³-hybridized carbons (Fsp3) is 0.455. The summed E-state index contributed by atoms with van der Waals surface area (Å²) in [6.07, 6.45) is 4.53. The molecule has 5 heteroatoms. The molecule has 27 heavy (non-hydrogen) atoms. The van der Waals surface area contributed by atoms with Gasteiger partial charge in [0.2, 0.25) is 5.91 Å². The van der Waals surface area contributed by atoms with E-state index in [1.807, 2.05) is 12.3 Å². The third-order valence-electron chi connectivity index (χ3n) is 5.15. The van der Waals surface area contributed by atoms with Crippen LogP contribution in [0.4, 0.5) is 0 Å². The third kappa shape index (κ3) is 5.62. The topological polar surface area (TPSA) is 57.3 Å². The lowest BCUT2D eigenvalue weighted by molar-refractivity contribution is -0.123. The van der Waals surface area contributed by atoms with Gasteiger partial charge in [-0.2, -0.15) is 0 Å². The molecule has 0 spiro atoms. The summed E-state index contributed by atoms with van der Waals surface area (Å²) in [5.74, 6) is 0.634. The molecule has 3 rings (SSSR count). The minimum absolute atomic E-state index is 0.0876. The Hall–Kier alpha value is -2.24. The van der Waals surface area contributed by atoms with Gasteiger partial charge in [0, 0.05) is 44.6 Å². The molecular weight excluding hydrogens is 336 g/mol.